The molecule has 34 heavy (non-hydrogen) atoms. The molecule has 0 amide bonds. The van der Waals surface area contributed by atoms with Gasteiger partial charge >= 0.3 is 0 Å². The van der Waals surface area contributed by atoms with Crippen molar-refractivity contribution in [2.45, 2.75) is 63.4 Å². The minimum absolute atomic E-state index is 0.0179. The van der Waals surface area contributed by atoms with Crippen molar-refractivity contribution in [1.82, 2.24) is 0 Å². The zero-order valence-corrected chi connectivity index (χ0v) is 20.2. The van der Waals surface area contributed by atoms with Gasteiger partial charge in [0.25, 0.3) is 0 Å². The van der Waals surface area contributed by atoms with Gasteiger partial charge in [-0.3, -0.25) is 4.79 Å². The highest BCUT2D eigenvalue weighted by molar-refractivity contribution is 5.93. The van der Waals surface area contributed by atoms with Crippen molar-refractivity contribution in [3.63, 3.8) is 0 Å². The number of ketones is 1. The maximum Gasteiger partial charge on any atom is 0.156 e. The van der Waals surface area contributed by atoms with Crippen LogP contribution in [0.1, 0.15) is 68.9 Å². The van der Waals surface area contributed by atoms with Crippen LogP contribution in [-0.4, -0.2) is 41.6 Å². The molecule has 0 spiro atoms. The number of nitrogens with zero attached hydrogens (tertiary/aromatic N) is 1. The topological polar surface area (TPSA) is 79.1 Å². The fraction of sp³-hybridized carbons (Fsp3) is 0.517. The molecule has 1 aromatic carbocycles. The van der Waals surface area contributed by atoms with Crippen molar-refractivity contribution >= 4 is 12.0 Å². The summed E-state index contributed by atoms with van der Waals surface area (Å²) in [7, 11) is 1.82. The summed E-state index contributed by atoms with van der Waals surface area (Å²) >= 11 is 0. The van der Waals surface area contributed by atoms with E-state index in [0.717, 1.165) is 44.1 Å². The number of rotatable bonds is 5. The van der Waals surface area contributed by atoms with Gasteiger partial charge in [-0.1, -0.05) is 54.1 Å². The fourth-order valence-electron chi connectivity index (χ4n) is 7.78. The Bertz CT molecular complexity index is 1080. The molecule has 0 unspecified atom stereocenters. The molecule has 0 bridgehead atoms. The summed E-state index contributed by atoms with van der Waals surface area (Å²) in [6, 6.07) is 8.35. The molecule has 5 atom stereocenters. The first-order valence-electron chi connectivity index (χ1n) is 12.5. The van der Waals surface area contributed by atoms with E-state index in [1.807, 2.05) is 31.4 Å². The number of methoxy groups -OCH3 is 1. The number of ether oxygens (including phenoxy) is 1. The van der Waals surface area contributed by atoms with E-state index >= 15 is 0 Å². The average molecular weight is 462 g/mol. The number of fused-ring (bicyclic) bond motifs is 4. The van der Waals surface area contributed by atoms with Gasteiger partial charge in [0, 0.05) is 24.9 Å². The van der Waals surface area contributed by atoms with Gasteiger partial charge < -0.3 is 15.1 Å². The lowest BCUT2D eigenvalue weighted by atomic mass is 9.51. The van der Waals surface area contributed by atoms with Crippen molar-refractivity contribution in [3.8, 4) is 0 Å². The highest BCUT2D eigenvalue weighted by atomic mass is 16.5. The Balaban J connectivity index is 1.66. The minimum Gasteiger partial charge on any atom is -0.411 e. The zero-order valence-electron chi connectivity index (χ0n) is 20.2. The Labute approximate surface area is 201 Å². The molecule has 1 aromatic rings. The Kier molecular flexibility index (Phi) is 6.11. The first-order valence-corrected chi connectivity index (χ1v) is 12.5. The number of carbonyl (C=O) groups is 1. The molecule has 0 aliphatic heterocycles. The minimum atomic E-state index is -0.392. The van der Waals surface area contributed by atoms with Gasteiger partial charge in [-0.2, -0.15) is 0 Å². The van der Waals surface area contributed by atoms with Gasteiger partial charge in [-0.15, -0.1) is 0 Å². The molecular weight excluding hydrogens is 426 g/mol. The highest BCUT2D eigenvalue weighted by Gasteiger charge is 2.62. The van der Waals surface area contributed by atoms with Crippen LogP contribution < -0.4 is 0 Å². The molecule has 5 nitrogen and oxygen atoms in total. The number of benzene rings is 1. The van der Waals surface area contributed by atoms with Gasteiger partial charge in [0.05, 0.1) is 18.4 Å². The molecule has 5 rings (SSSR count). The van der Waals surface area contributed by atoms with Gasteiger partial charge in [-0.25, -0.2) is 0 Å². The smallest absolute Gasteiger partial charge is 0.156 e. The molecule has 5 heteroatoms. The second kappa shape index (κ2) is 8.94. The molecule has 2 fully saturated rings. The first-order chi connectivity index (χ1) is 16.5. The summed E-state index contributed by atoms with van der Waals surface area (Å²) in [5, 5.41) is 21.6. The quantitative estimate of drug-likeness (QED) is 0.269. The maximum absolute atomic E-state index is 12.2. The van der Waals surface area contributed by atoms with E-state index in [2.05, 4.69) is 30.3 Å². The van der Waals surface area contributed by atoms with Crippen LogP contribution in [0, 0.1) is 17.3 Å². The van der Waals surface area contributed by atoms with Crippen LogP contribution in [0.25, 0.3) is 0 Å². The van der Waals surface area contributed by atoms with E-state index in [0.29, 0.717) is 18.3 Å². The zero-order chi connectivity index (χ0) is 23.9. The van der Waals surface area contributed by atoms with Gasteiger partial charge in [0.15, 0.2) is 5.78 Å². The third-order valence-electron chi connectivity index (χ3n) is 9.32. The van der Waals surface area contributed by atoms with E-state index in [-0.39, 0.29) is 23.7 Å². The number of hydrogen-bond acceptors (Lipinski definition) is 5. The summed E-state index contributed by atoms with van der Waals surface area (Å²) < 4.78 is 6.29. The number of hydrogen-bond donors (Lipinski definition) is 2. The molecule has 180 valence electrons. The molecule has 0 saturated heterocycles. The van der Waals surface area contributed by atoms with E-state index in [1.165, 1.54) is 22.9 Å². The van der Waals surface area contributed by atoms with Crippen LogP contribution in [0.4, 0.5) is 0 Å². The third kappa shape index (κ3) is 3.52. The van der Waals surface area contributed by atoms with Crippen LogP contribution in [0.3, 0.4) is 0 Å². The molecule has 0 heterocycles. The predicted molar refractivity (Wildman–Crippen MR) is 132 cm³/mol. The Morgan fingerprint density at radius 2 is 1.97 bits per heavy atom. The van der Waals surface area contributed by atoms with Crippen LogP contribution in [-0.2, 0) is 9.53 Å². The van der Waals surface area contributed by atoms with Crippen LogP contribution in [0.15, 0.2) is 64.4 Å². The third-order valence-corrected chi connectivity index (χ3v) is 9.32. The molecule has 0 aromatic heterocycles. The largest absolute Gasteiger partial charge is 0.411 e. The number of aliphatic hydroxyl groups is 1. The van der Waals surface area contributed by atoms with Crippen molar-refractivity contribution < 1.29 is 19.8 Å². The molecule has 2 N–H and O–H groups in total. The Morgan fingerprint density at radius 3 is 2.68 bits per heavy atom. The summed E-state index contributed by atoms with van der Waals surface area (Å²) in [6.45, 7) is 2.41. The monoisotopic (exact) mass is 461 g/mol. The summed E-state index contributed by atoms with van der Waals surface area (Å²) in [4.78, 5) is 12.2. The van der Waals surface area contributed by atoms with E-state index in [4.69, 9.17) is 9.94 Å². The van der Waals surface area contributed by atoms with Crippen molar-refractivity contribution in [1.29, 1.82) is 0 Å². The number of allylic oxidation sites excluding steroid dienone is 4. The van der Waals surface area contributed by atoms with Crippen LogP contribution in [0.2, 0.25) is 0 Å². The maximum atomic E-state index is 12.2. The van der Waals surface area contributed by atoms with Gasteiger partial charge in [-0.05, 0) is 78.7 Å². The predicted octanol–water partition coefficient (Wildman–Crippen LogP) is 5.33. The van der Waals surface area contributed by atoms with Gasteiger partial charge in [0.1, 0.15) is 0 Å². The standard InChI is InChI=1S/C29H35NO4/c1-28-17-25(20-6-4-19(5-7-20)18-30-33)27-23-11-9-22(32)16-21(23)8-10-24(27)26(28)12-14-29(28,34-2)13-3-15-31/h3-7,13,16,18,24-26,31,33H,8-12,14-15,17H2,1-2H3/b13-3-,30-18?/t24-,25+,26-,28-,29-/m0/s1. The second-order valence-electron chi connectivity index (χ2n) is 10.6. The summed E-state index contributed by atoms with van der Waals surface area (Å²) in [5.41, 5.74) is 5.92. The lowest BCUT2D eigenvalue weighted by molar-refractivity contribution is -0.114. The average Bonchev–Trinajstić information content (AvgIpc) is 3.14. The SMILES string of the molecule is CO[C@@]1(/C=C\CO)CC[C@H]2[C@@H]3CCC4=CC(=O)CCC4=C3[C@@H](c3ccc(C=NO)cc3)C[C@@]21C. The normalized spacial score (nSPS) is 35.4. The fourth-order valence-corrected chi connectivity index (χ4v) is 7.78. The Morgan fingerprint density at radius 1 is 1.18 bits per heavy atom. The number of aliphatic hydroxyl groups excluding tert-OH is 1. The molecule has 4 aliphatic carbocycles. The van der Waals surface area contributed by atoms with Crippen LogP contribution in [0.5, 0.6) is 0 Å². The number of carbonyl (C=O) groups excluding carboxylic acids is 1. The molecule has 4 aliphatic rings. The Hall–Kier alpha value is -2.50. The first kappa shape index (κ1) is 23.3. The summed E-state index contributed by atoms with van der Waals surface area (Å²) in [6.07, 6.45) is 13.9. The van der Waals surface area contributed by atoms with Crippen molar-refractivity contribution in [2.24, 2.45) is 22.4 Å². The van der Waals surface area contributed by atoms with E-state index < -0.39 is 5.60 Å². The van der Waals surface area contributed by atoms with Crippen molar-refractivity contribution in [2.75, 3.05) is 13.7 Å². The second-order valence-corrected chi connectivity index (χ2v) is 10.6. The lowest BCUT2D eigenvalue weighted by Gasteiger charge is -2.55. The van der Waals surface area contributed by atoms with Crippen molar-refractivity contribution in [3.05, 3.63) is 70.3 Å². The molecular formula is C29H35NO4. The molecule has 2 saturated carbocycles. The van der Waals surface area contributed by atoms with Gasteiger partial charge in [0.2, 0.25) is 0 Å². The number of oxime groups is 1. The lowest BCUT2D eigenvalue weighted by Crippen LogP contribution is -2.51. The summed E-state index contributed by atoms with van der Waals surface area (Å²) in [5.74, 6) is 1.49. The van der Waals surface area contributed by atoms with Crippen LogP contribution >= 0.6 is 0 Å². The highest BCUT2D eigenvalue weighted by Crippen LogP contribution is 2.67. The van der Waals surface area contributed by atoms with E-state index in [9.17, 15) is 9.90 Å². The molecule has 0 radical (unpaired) electrons. The van der Waals surface area contributed by atoms with E-state index in [1.54, 1.807) is 5.57 Å².